The van der Waals surface area contributed by atoms with Crippen LogP contribution in [-0.4, -0.2) is 0 Å². The standard InChI is InChI=1S/C56H41NS/c1-55(2)47-16-10-8-14-43(47)44-26-24-41(32-48(44)55)57(42-25-27-46-45-15-9-11-17-51(45)58-52(46)33-42)40-22-20-35(21-23-40)39-29-37-19-18-36-28-38(34-12-6-5-7-13-34)30-49-53(36)54(37)50(31-39)56(49,3)4/h5-33H,1-4H3. The minimum absolute atomic E-state index is 0.0908. The van der Waals surface area contributed by atoms with Crippen LogP contribution in [-0.2, 0) is 10.8 Å². The fourth-order valence-electron chi connectivity index (χ4n) is 10.4. The molecule has 276 valence electrons. The normalized spacial score (nSPS) is 14.5. The van der Waals surface area contributed by atoms with E-state index in [1.807, 2.05) is 11.3 Å². The molecule has 2 aliphatic rings. The summed E-state index contributed by atoms with van der Waals surface area (Å²) in [5, 5.41) is 8.08. The first-order chi connectivity index (χ1) is 28.2. The van der Waals surface area contributed by atoms with E-state index >= 15 is 0 Å². The van der Waals surface area contributed by atoms with Gasteiger partial charge < -0.3 is 4.90 Å². The van der Waals surface area contributed by atoms with Gasteiger partial charge >= 0.3 is 0 Å². The fraction of sp³-hybridized carbons (Fsp3) is 0.107. The van der Waals surface area contributed by atoms with E-state index in [2.05, 4.69) is 209 Å². The van der Waals surface area contributed by atoms with E-state index in [-0.39, 0.29) is 10.8 Å². The van der Waals surface area contributed by atoms with Crippen molar-refractivity contribution < 1.29 is 0 Å². The number of nitrogens with zero attached hydrogens (tertiary/aromatic N) is 1. The lowest BCUT2D eigenvalue weighted by molar-refractivity contribution is 0.660. The van der Waals surface area contributed by atoms with Crippen LogP contribution in [0.3, 0.4) is 0 Å². The Bertz CT molecular complexity index is 3330. The first-order valence-corrected chi connectivity index (χ1v) is 21.2. The molecular weight excluding hydrogens is 719 g/mol. The molecule has 1 nitrogen and oxygen atoms in total. The summed E-state index contributed by atoms with van der Waals surface area (Å²) < 4.78 is 2.63. The maximum absolute atomic E-state index is 2.46. The number of thiophene rings is 1. The van der Waals surface area contributed by atoms with Gasteiger partial charge in [0.2, 0.25) is 0 Å². The van der Waals surface area contributed by atoms with E-state index in [0.29, 0.717) is 0 Å². The Balaban J connectivity index is 0.976. The summed E-state index contributed by atoms with van der Waals surface area (Å²) in [6, 6.07) is 66.2. The van der Waals surface area contributed by atoms with Crippen LogP contribution in [0.1, 0.15) is 49.9 Å². The fourth-order valence-corrected chi connectivity index (χ4v) is 11.5. The molecule has 0 saturated carbocycles. The molecule has 0 spiro atoms. The van der Waals surface area contributed by atoms with Gasteiger partial charge in [0.05, 0.1) is 0 Å². The van der Waals surface area contributed by atoms with Gasteiger partial charge in [0, 0.05) is 48.1 Å². The second-order valence-electron chi connectivity index (χ2n) is 17.4. The quantitative estimate of drug-likeness (QED) is 0.158. The third-order valence-corrected chi connectivity index (χ3v) is 14.5. The van der Waals surface area contributed by atoms with Crippen LogP contribution in [0.2, 0.25) is 0 Å². The first-order valence-electron chi connectivity index (χ1n) is 20.4. The second kappa shape index (κ2) is 12.0. The van der Waals surface area contributed by atoms with Gasteiger partial charge in [0.25, 0.3) is 0 Å². The molecule has 0 bridgehead atoms. The molecule has 58 heavy (non-hydrogen) atoms. The number of fused-ring (bicyclic) bond motifs is 6. The summed E-state index contributed by atoms with van der Waals surface area (Å²) in [4.78, 5) is 2.45. The van der Waals surface area contributed by atoms with Crippen molar-refractivity contribution in [2.24, 2.45) is 0 Å². The molecule has 10 aromatic rings. The van der Waals surface area contributed by atoms with Crippen LogP contribution < -0.4 is 4.90 Å². The summed E-state index contributed by atoms with van der Waals surface area (Å²) in [5.74, 6) is 0. The zero-order valence-corrected chi connectivity index (χ0v) is 33.9. The van der Waals surface area contributed by atoms with E-state index < -0.39 is 0 Å². The molecule has 12 rings (SSSR count). The Kier molecular flexibility index (Phi) is 6.97. The molecule has 2 aliphatic carbocycles. The van der Waals surface area contributed by atoms with Gasteiger partial charge in [-0.25, -0.2) is 0 Å². The van der Waals surface area contributed by atoms with Crippen molar-refractivity contribution in [3.8, 4) is 33.4 Å². The van der Waals surface area contributed by atoms with Crippen molar-refractivity contribution in [3.05, 3.63) is 198 Å². The van der Waals surface area contributed by atoms with Crippen LogP contribution in [0.25, 0.3) is 75.1 Å². The van der Waals surface area contributed by atoms with Crippen LogP contribution in [0.15, 0.2) is 176 Å². The van der Waals surface area contributed by atoms with Crippen LogP contribution in [0, 0.1) is 0 Å². The molecule has 0 amide bonds. The minimum atomic E-state index is -0.121. The van der Waals surface area contributed by atoms with Crippen LogP contribution in [0.4, 0.5) is 17.1 Å². The van der Waals surface area contributed by atoms with Crippen molar-refractivity contribution >= 4 is 70.1 Å². The van der Waals surface area contributed by atoms with Crippen molar-refractivity contribution in [1.29, 1.82) is 0 Å². The lowest BCUT2D eigenvalue weighted by Gasteiger charge is -2.28. The second-order valence-corrected chi connectivity index (χ2v) is 18.4. The highest BCUT2D eigenvalue weighted by Crippen LogP contribution is 2.53. The van der Waals surface area contributed by atoms with Crippen LogP contribution in [0.5, 0.6) is 0 Å². The predicted molar refractivity (Wildman–Crippen MR) is 250 cm³/mol. The molecule has 0 fully saturated rings. The minimum Gasteiger partial charge on any atom is -0.310 e. The lowest BCUT2D eigenvalue weighted by atomic mass is 9.80. The molecule has 0 atom stereocenters. The molecule has 1 aromatic heterocycles. The van der Waals surface area contributed by atoms with Gasteiger partial charge in [0.1, 0.15) is 0 Å². The maximum Gasteiger partial charge on any atom is 0.0476 e. The highest BCUT2D eigenvalue weighted by molar-refractivity contribution is 7.25. The van der Waals surface area contributed by atoms with E-state index in [0.717, 1.165) is 11.4 Å². The first kappa shape index (κ1) is 33.6. The maximum atomic E-state index is 2.46. The predicted octanol–water partition coefficient (Wildman–Crippen LogP) is 16.1. The summed E-state index contributed by atoms with van der Waals surface area (Å²) in [6.07, 6.45) is 0. The smallest absolute Gasteiger partial charge is 0.0476 e. The Morgan fingerprint density at radius 2 is 0.914 bits per heavy atom. The monoisotopic (exact) mass is 759 g/mol. The molecule has 0 unspecified atom stereocenters. The Labute approximate surface area is 343 Å². The summed E-state index contributed by atoms with van der Waals surface area (Å²) >= 11 is 1.87. The molecule has 9 aromatic carbocycles. The molecule has 1 heterocycles. The van der Waals surface area contributed by atoms with Gasteiger partial charge in [0.15, 0.2) is 0 Å². The van der Waals surface area contributed by atoms with Crippen molar-refractivity contribution in [1.82, 2.24) is 0 Å². The Morgan fingerprint density at radius 1 is 0.362 bits per heavy atom. The molecule has 0 radical (unpaired) electrons. The number of anilines is 3. The molecule has 0 N–H and O–H groups in total. The largest absolute Gasteiger partial charge is 0.310 e. The van der Waals surface area contributed by atoms with Gasteiger partial charge in [-0.2, -0.15) is 0 Å². The average molecular weight is 760 g/mol. The number of hydrogen-bond donors (Lipinski definition) is 0. The van der Waals surface area contributed by atoms with Gasteiger partial charge in [-0.3, -0.25) is 0 Å². The summed E-state index contributed by atoms with van der Waals surface area (Å²) in [6.45, 7) is 9.54. The zero-order chi connectivity index (χ0) is 38.9. The van der Waals surface area contributed by atoms with Crippen molar-refractivity contribution in [2.45, 2.75) is 38.5 Å². The van der Waals surface area contributed by atoms with Crippen LogP contribution >= 0.6 is 11.3 Å². The number of benzene rings is 9. The third kappa shape index (κ3) is 4.76. The van der Waals surface area contributed by atoms with Crippen molar-refractivity contribution in [2.75, 3.05) is 4.90 Å². The highest BCUT2D eigenvalue weighted by Gasteiger charge is 2.37. The SMILES string of the molecule is CC1(C)c2ccccc2-c2ccc(N(c3ccc(-c4cc5c6c(ccc7cc(-c8ccccc8)cc(c76)C5(C)C)c4)cc3)c3ccc4c(c3)sc3ccccc34)cc21. The van der Waals surface area contributed by atoms with E-state index in [1.165, 1.54) is 103 Å². The highest BCUT2D eigenvalue weighted by atomic mass is 32.1. The average Bonchev–Trinajstić information content (AvgIpc) is 3.83. The van der Waals surface area contributed by atoms with Gasteiger partial charge in [-0.15, -0.1) is 11.3 Å². The lowest BCUT2D eigenvalue weighted by Crippen LogP contribution is -2.16. The van der Waals surface area contributed by atoms with Gasteiger partial charge in [-0.1, -0.05) is 137 Å². The Hall–Kier alpha value is -6.48. The van der Waals surface area contributed by atoms with E-state index in [9.17, 15) is 0 Å². The molecule has 0 aliphatic heterocycles. The molecular formula is C56H41NS. The van der Waals surface area contributed by atoms with E-state index in [4.69, 9.17) is 0 Å². The summed E-state index contributed by atoms with van der Waals surface area (Å²) in [5.41, 5.74) is 16.6. The molecule has 2 heteroatoms. The third-order valence-electron chi connectivity index (χ3n) is 13.4. The topological polar surface area (TPSA) is 3.24 Å². The van der Waals surface area contributed by atoms with Crippen molar-refractivity contribution in [3.63, 3.8) is 0 Å². The zero-order valence-electron chi connectivity index (χ0n) is 33.1. The molecule has 0 saturated heterocycles. The Morgan fingerprint density at radius 3 is 1.66 bits per heavy atom. The van der Waals surface area contributed by atoms with Gasteiger partial charge in [-0.05, 0) is 144 Å². The number of rotatable bonds is 5. The number of hydrogen-bond acceptors (Lipinski definition) is 2. The van der Waals surface area contributed by atoms with E-state index in [1.54, 1.807) is 0 Å². The summed E-state index contributed by atoms with van der Waals surface area (Å²) in [7, 11) is 0.